The lowest BCUT2D eigenvalue weighted by Gasteiger charge is -2.23. The zero-order valence-electron chi connectivity index (χ0n) is 10.6. The van der Waals surface area contributed by atoms with Gasteiger partial charge in [-0.2, -0.15) is 0 Å². The molecule has 1 aliphatic rings. The summed E-state index contributed by atoms with van der Waals surface area (Å²) in [6.45, 7) is 0.921. The fourth-order valence-corrected chi connectivity index (χ4v) is 2.10. The minimum atomic E-state index is -3.26. The number of aliphatic hydroxyl groups is 3. The van der Waals surface area contributed by atoms with Crippen molar-refractivity contribution in [3.63, 3.8) is 0 Å². The predicted molar refractivity (Wildman–Crippen MR) is 63.8 cm³/mol. The highest BCUT2D eigenvalue weighted by atomic mass is 19.2. The van der Waals surface area contributed by atoms with E-state index in [4.69, 9.17) is 9.84 Å². The Balaban J connectivity index is 2.52. The van der Waals surface area contributed by atoms with E-state index in [1.807, 2.05) is 4.98 Å². The third-order valence-electron chi connectivity index (χ3n) is 3.27. The summed E-state index contributed by atoms with van der Waals surface area (Å²) in [7, 11) is 0. The van der Waals surface area contributed by atoms with Gasteiger partial charge in [0.1, 0.15) is 12.2 Å². The Morgan fingerprint density at radius 2 is 2.20 bits per heavy atom. The van der Waals surface area contributed by atoms with Gasteiger partial charge in [-0.05, 0) is 6.42 Å². The molecule has 0 aromatic carbocycles. The number of aryl methyl sites for hydroxylation is 1. The molecule has 4 atom stereocenters. The van der Waals surface area contributed by atoms with Crippen LogP contribution in [0, 0.1) is 0 Å². The first-order chi connectivity index (χ1) is 9.32. The largest absolute Gasteiger partial charge is 0.394 e. The summed E-state index contributed by atoms with van der Waals surface area (Å²) in [5.74, 6) is -3.26. The van der Waals surface area contributed by atoms with Crippen molar-refractivity contribution in [2.24, 2.45) is 0 Å². The Morgan fingerprint density at radius 1 is 1.55 bits per heavy atom. The van der Waals surface area contributed by atoms with Crippen molar-refractivity contribution in [2.75, 3.05) is 6.61 Å². The molecular formula is C11H15FN2O6. The number of aromatic amines is 1. The molecule has 4 N–H and O–H groups in total. The van der Waals surface area contributed by atoms with Crippen LogP contribution in [0.25, 0.3) is 0 Å². The van der Waals surface area contributed by atoms with Gasteiger partial charge in [-0.15, -0.1) is 0 Å². The second-order valence-electron chi connectivity index (χ2n) is 4.56. The minimum absolute atomic E-state index is 0.186. The van der Waals surface area contributed by atoms with Crippen molar-refractivity contribution >= 4 is 0 Å². The maximum absolute atomic E-state index is 14.1. The smallest absolute Gasteiger partial charge is 0.330 e. The molecule has 1 fully saturated rings. The van der Waals surface area contributed by atoms with E-state index in [9.17, 15) is 24.2 Å². The molecule has 0 saturated carbocycles. The monoisotopic (exact) mass is 290 g/mol. The number of ether oxygens (including phenoxy) is 1. The summed E-state index contributed by atoms with van der Waals surface area (Å²) in [5.41, 5.74) is -1.42. The SMILES string of the molecule is CCc1cn([C@@H]2O[C@H](CO)[C@@H](O)[C@]2(O)F)c(=O)[nH]c1=O. The van der Waals surface area contributed by atoms with Crippen LogP contribution >= 0.6 is 0 Å². The molecule has 1 aromatic heterocycles. The lowest BCUT2D eigenvalue weighted by atomic mass is 10.1. The molecule has 112 valence electrons. The van der Waals surface area contributed by atoms with E-state index >= 15 is 0 Å². The van der Waals surface area contributed by atoms with E-state index < -0.39 is 42.1 Å². The number of aliphatic hydroxyl groups excluding tert-OH is 2. The molecule has 0 radical (unpaired) electrons. The van der Waals surface area contributed by atoms with Gasteiger partial charge in [0.15, 0.2) is 6.23 Å². The van der Waals surface area contributed by atoms with Crippen LogP contribution in [0.3, 0.4) is 0 Å². The topological polar surface area (TPSA) is 125 Å². The molecule has 2 rings (SSSR count). The highest BCUT2D eigenvalue weighted by molar-refractivity contribution is 5.06. The molecule has 0 bridgehead atoms. The summed E-state index contributed by atoms with van der Waals surface area (Å²) in [6, 6.07) is 0. The zero-order chi connectivity index (χ0) is 15.1. The Hall–Kier alpha value is -1.55. The van der Waals surface area contributed by atoms with E-state index in [0.29, 0.717) is 4.57 Å². The van der Waals surface area contributed by atoms with Gasteiger partial charge < -0.3 is 20.1 Å². The molecule has 0 spiro atoms. The highest BCUT2D eigenvalue weighted by Gasteiger charge is 2.57. The van der Waals surface area contributed by atoms with Gasteiger partial charge in [0.05, 0.1) is 6.61 Å². The average Bonchev–Trinajstić information content (AvgIpc) is 2.62. The van der Waals surface area contributed by atoms with Crippen molar-refractivity contribution in [3.05, 3.63) is 32.6 Å². The second kappa shape index (κ2) is 5.09. The average molecular weight is 290 g/mol. The van der Waals surface area contributed by atoms with Crippen molar-refractivity contribution in [3.8, 4) is 0 Å². The Labute approximate surface area is 112 Å². The van der Waals surface area contributed by atoms with E-state index in [-0.39, 0.29) is 12.0 Å². The lowest BCUT2D eigenvalue weighted by Crippen LogP contribution is -2.46. The first-order valence-corrected chi connectivity index (χ1v) is 6.02. The maximum Gasteiger partial charge on any atom is 0.330 e. The molecule has 20 heavy (non-hydrogen) atoms. The Bertz CT molecular complexity index is 610. The van der Waals surface area contributed by atoms with Gasteiger partial charge >= 0.3 is 5.69 Å². The van der Waals surface area contributed by atoms with Crippen molar-refractivity contribution in [1.29, 1.82) is 0 Å². The van der Waals surface area contributed by atoms with Crippen LogP contribution in [0.4, 0.5) is 4.39 Å². The van der Waals surface area contributed by atoms with Gasteiger partial charge in [0.25, 0.3) is 11.4 Å². The first-order valence-electron chi connectivity index (χ1n) is 6.02. The first kappa shape index (κ1) is 14.9. The molecule has 2 heterocycles. The zero-order valence-corrected chi connectivity index (χ0v) is 10.6. The van der Waals surface area contributed by atoms with Crippen LogP contribution in [0.1, 0.15) is 18.7 Å². The van der Waals surface area contributed by atoms with Crippen LogP contribution in [0.5, 0.6) is 0 Å². The highest BCUT2D eigenvalue weighted by Crippen LogP contribution is 2.38. The van der Waals surface area contributed by atoms with E-state index in [0.717, 1.165) is 6.20 Å². The summed E-state index contributed by atoms with van der Waals surface area (Å²) in [5, 5.41) is 28.1. The van der Waals surface area contributed by atoms with Crippen LogP contribution in [0.2, 0.25) is 0 Å². The fourth-order valence-electron chi connectivity index (χ4n) is 2.10. The standard InChI is InChI=1S/C11H15FN2O6/c1-2-5-3-14(10(18)13-8(5)17)9-11(12,19)7(16)6(4-15)20-9/h3,6-7,9,15-16,19H,2,4H2,1H3,(H,13,17,18)/t6-,7-,9-,11-/m1/s1. The van der Waals surface area contributed by atoms with Crippen LogP contribution in [-0.2, 0) is 11.2 Å². The number of hydrogen-bond donors (Lipinski definition) is 4. The van der Waals surface area contributed by atoms with E-state index in [1.165, 1.54) is 0 Å². The van der Waals surface area contributed by atoms with E-state index in [1.54, 1.807) is 6.92 Å². The molecule has 1 aromatic rings. The Kier molecular flexibility index (Phi) is 3.78. The second-order valence-corrected chi connectivity index (χ2v) is 4.56. The number of hydrogen-bond acceptors (Lipinski definition) is 6. The van der Waals surface area contributed by atoms with Crippen molar-refractivity contribution < 1.29 is 24.4 Å². The predicted octanol–water partition coefficient (Wildman–Crippen LogP) is -1.99. The number of rotatable bonds is 3. The van der Waals surface area contributed by atoms with Gasteiger partial charge in [0.2, 0.25) is 0 Å². The fraction of sp³-hybridized carbons (Fsp3) is 0.636. The quantitative estimate of drug-likeness (QED) is 0.511. The summed E-state index contributed by atoms with van der Waals surface area (Å²) >= 11 is 0. The van der Waals surface area contributed by atoms with Crippen LogP contribution in [0.15, 0.2) is 15.8 Å². The molecule has 8 nitrogen and oxygen atoms in total. The van der Waals surface area contributed by atoms with Gasteiger partial charge in [-0.3, -0.25) is 14.3 Å². The maximum atomic E-state index is 14.1. The molecular weight excluding hydrogens is 275 g/mol. The van der Waals surface area contributed by atoms with Crippen molar-refractivity contribution in [1.82, 2.24) is 9.55 Å². The van der Waals surface area contributed by atoms with Gasteiger partial charge in [-0.1, -0.05) is 6.92 Å². The molecule has 1 saturated heterocycles. The summed E-state index contributed by atoms with van der Waals surface area (Å²) < 4.78 is 19.7. The number of aromatic nitrogens is 2. The van der Waals surface area contributed by atoms with Gasteiger partial charge in [-0.25, -0.2) is 9.18 Å². The number of halogens is 1. The third kappa shape index (κ3) is 2.18. The summed E-state index contributed by atoms with van der Waals surface area (Å²) in [4.78, 5) is 25.1. The summed E-state index contributed by atoms with van der Waals surface area (Å²) in [6.07, 6.45) is -3.91. The van der Waals surface area contributed by atoms with E-state index in [2.05, 4.69) is 0 Å². The molecule has 9 heteroatoms. The van der Waals surface area contributed by atoms with Crippen molar-refractivity contribution in [2.45, 2.75) is 37.6 Å². The minimum Gasteiger partial charge on any atom is -0.394 e. The molecule has 0 amide bonds. The molecule has 0 unspecified atom stereocenters. The Morgan fingerprint density at radius 3 is 2.70 bits per heavy atom. The van der Waals surface area contributed by atoms with Crippen LogP contribution in [-0.4, -0.2) is 49.5 Å². The molecule has 1 aliphatic heterocycles. The normalized spacial score (nSPS) is 33.5. The lowest BCUT2D eigenvalue weighted by molar-refractivity contribution is -0.197. The van der Waals surface area contributed by atoms with Gasteiger partial charge in [0, 0.05) is 11.8 Å². The molecule has 0 aliphatic carbocycles. The number of H-pyrrole nitrogens is 1. The number of nitrogens with zero attached hydrogens (tertiary/aromatic N) is 1. The third-order valence-corrected chi connectivity index (χ3v) is 3.27. The van der Waals surface area contributed by atoms with Crippen LogP contribution < -0.4 is 11.2 Å². The number of alkyl halides is 1. The number of nitrogens with one attached hydrogen (secondary N) is 1.